The largest absolute Gasteiger partial charge is 0.472 e. The molecule has 1 aliphatic heterocycles. The number of fused-ring (bicyclic) bond motifs is 1. The predicted octanol–water partition coefficient (Wildman–Crippen LogP) is 3.90. The molecule has 2 aromatic heterocycles. The summed E-state index contributed by atoms with van der Waals surface area (Å²) in [4.78, 5) is 19.7. The summed E-state index contributed by atoms with van der Waals surface area (Å²) in [6, 6.07) is 13.9. The molecule has 0 N–H and O–H groups in total. The number of aryl methyl sites for hydroxylation is 1. The van der Waals surface area contributed by atoms with Crippen molar-refractivity contribution in [3.8, 4) is 5.88 Å². The Balaban J connectivity index is 1.44. The average Bonchev–Trinajstić information content (AvgIpc) is 3.23. The molecule has 3 aromatic rings. The lowest BCUT2D eigenvalue weighted by atomic mass is 10.2. The Morgan fingerprint density at radius 3 is 2.96 bits per heavy atom. The normalized spacial score (nSPS) is 17.4. The van der Waals surface area contributed by atoms with E-state index in [1.807, 2.05) is 48.2 Å². The van der Waals surface area contributed by atoms with Gasteiger partial charge in [0.1, 0.15) is 6.10 Å². The monoisotopic (exact) mass is 338 g/mol. The molecular weight excluding hydrogens is 320 g/mol. The molecule has 1 saturated heterocycles. The molecule has 0 radical (unpaired) electrons. The number of carbonyl (C=O) groups is 1. The predicted molar refractivity (Wildman–Crippen MR) is 95.7 cm³/mol. The highest BCUT2D eigenvalue weighted by atomic mass is 32.1. The lowest BCUT2D eigenvalue weighted by Crippen LogP contribution is -2.30. The first-order valence-corrected chi connectivity index (χ1v) is 8.88. The SMILES string of the molecule is Cc1ccc(O[C@@H]2CCN(C(=O)c3cc4ccccc4s3)C2)nc1. The number of benzene rings is 1. The van der Waals surface area contributed by atoms with E-state index >= 15 is 0 Å². The Labute approximate surface area is 144 Å². The molecule has 0 bridgehead atoms. The number of carbonyl (C=O) groups excluding carboxylic acids is 1. The summed E-state index contributed by atoms with van der Waals surface area (Å²) in [5.74, 6) is 0.723. The molecule has 3 heterocycles. The van der Waals surface area contributed by atoms with Crippen LogP contribution in [-0.4, -0.2) is 35.0 Å². The zero-order valence-electron chi connectivity index (χ0n) is 13.4. The molecule has 1 aliphatic rings. The Bertz CT molecular complexity index is 839. The summed E-state index contributed by atoms with van der Waals surface area (Å²) in [5, 5.41) is 1.13. The molecular formula is C19H18N2O2S. The van der Waals surface area contributed by atoms with Crippen molar-refractivity contribution in [2.24, 2.45) is 0 Å². The minimum atomic E-state index is 0.0125. The fraction of sp³-hybridized carbons (Fsp3) is 0.263. The second-order valence-electron chi connectivity index (χ2n) is 6.10. The third kappa shape index (κ3) is 2.99. The van der Waals surface area contributed by atoms with Crippen molar-refractivity contribution in [2.45, 2.75) is 19.4 Å². The number of amides is 1. The van der Waals surface area contributed by atoms with Crippen LogP contribution < -0.4 is 4.74 Å². The van der Waals surface area contributed by atoms with Gasteiger partial charge in [0, 0.05) is 29.9 Å². The van der Waals surface area contributed by atoms with Crippen LogP contribution in [-0.2, 0) is 0 Å². The van der Waals surface area contributed by atoms with Crippen molar-refractivity contribution in [1.82, 2.24) is 9.88 Å². The molecule has 1 amide bonds. The summed E-state index contributed by atoms with van der Waals surface area (Å²) in [6.45, 7) is 3.34. The highest BCUT2D eigenvalue weighted by Gasteiger charge is 2.29. The fourth-order valence-electron chi connectivity index (χ4n) is 2.95. The molecule has 122 valence electrons. The van der Waals surface area contributed by atoms with Gasteiger partial charge in [0.2, 0.25) is 5.88 Å². The third-order valence-corrected chi connectivity index (χ3v) is 5.34. The third-order valence-electron chi connectivity index (χ3n) is 4.24. The Morgan fingerprint density at radius 2 is 2.17 bits per heavy atom. The molecule has 1 fully saturated rings. The van der Waals surface area contributed by atoms with Gasteiger partial charge in [-0.2, -0.15) is 0 Å². The number of hydrogen-bond donors (Lipinski definition) is 0. The molecule has 0 spiro atoms. The molecule has 5 heteroatoms. The van der Waals surface area contributed by atoms with Gasteiger partial charge in [0.15, 0.2) is 0 Å². The number of rotatable bonds is 3. The highest BCUT2D eigenvalue weighted by Crippen LogP contribution is 2.27. The van der Waals surface area contributed by atoms with E-state index in [0.717, 1.165) is 33.5 Å². The van der Waals surface area contributed by atoms with E-state index in [0.29, 0.717) is 12.4 Å². The zero-order valence-corrected chi connectivity index (χ0v) is 14.3. The fourth-order valence-corrected chi connectivity index (χ4v) is 3.98. The highest BCUT2D eigenvalue weighted by molar-refractivity contribution is 7.20. The first-order chi connectivity index (χ1) is 11.7. The lowest BCUT2D eigenvalue weighted by Gasteiger charge is -2.16. The van der Waals surface area contributed by atoms with E-state index in [9.17, 15) is 4.79 Å². The second kappa shape index (κ2) is 6.24. The molecule has 1 atom stereocenters. The molecule has 0 unspecified atom stereocenters. The van der Waals surface area contributed by atoms with Crippen molar-refractivity contribution in [3.63, 3.8) is 0 Å². The van der Waals surface area contributed by atoms with Gasteiger partial charge in [0.25, 0.3) is 5.91 Å². The number of ether oxygens (including phenoxy) is 1. The van der Waals surface area contributed by atoms with E-state index in [-0.39, 0.29) is 12.0 Å². The molecule has 1 aromatic carbocycles. The van der Waals surface area contributed by atoms with Crippen LogP contribution in [0.1, 0.15) is 21.7 Å². The first-order valence-electron chi connectivity index (χ1n) is 8.06. The van der Waals surface area contributed by atoms with E-state index in [2.05, 4.69) is 11.1 Å². The topological polar surface area (TPSA) is 42.4 Å². The van der Waals surface area contributed by atoms with Crippen LogP contribution in [0.15, 0.2) is 48.7 Å². The summed E-state index contributed by atoms with van der Waals surface area (Å²) in [7, 11) is 0. The van der Waals surface area contributed by atoms with Gasteiger partial charge in [0.05, 0.1) is 11.4 Å². The van der Waals surface area contributed by atoms with Gasteiger partial charge in [-0.1, -0.05) is 24.3 Å². The second-order valence-corrected chi connectivity index (χ2v) is 7.19. The van der Waals surface area contributed by atoms with Crippen LogP contribution in [0.2, 0.25) is 0 Å². The molecule has 0 saturated carbocycles. The van der Waals surface area contributed by atoms with Gasteiger partial charge in [-0.25, -0.2) is 4.98 Å². The number of likely N-dealkylation sites (tertiary alicyclic amines) is 1. The van der Waals surface area contributed by atoms with Gasteiger partial charge in [-0.05, 0) is 30.0 Å². The van der Waals surface area contributed by atoms with E-state index in [4.69, 9.17) is 4.74 Å². The number of pyridine rings is 1. The van der Waals surface area contributed by atoms with Crippen LogP contribution in [0.3, 0.4) is 0 Å². The Hall–Kier alpha value is -2.40. The Kier molecular flexibility index (Phi) is 3.94. The Morgan fingerprint density at radius 1 is 1.29 bits per heavy atom. The first kappa shape index (κ1) is 15.1. The summed E-state index contributed by atoms with van der Waals surface area (Å²) < 4.78 is 7.05. The minimum Gasteiger partial charge on any atom is -0.472 e. The van der Waals surface area contributed by atoms with Crippen molar-refractivity contribution in [1.29, 1.82) is 0 Å². The van der Waals surface area contributed by atoms with Gasteiger partial charge < -0.3 is 9.64 Å². The summed E-state index contributed by atoms with van der Waals surface area (Å²) in [5.41, 5.74) is 1.11. The van der Waals surface area contributed by atoms with Crippen LogP contribution in [0.4, 0.5) is 0 Å². The maximum absolute atomic E-state index is 12.7. The van der Waals surface area contributed by atoms with E-state index in [1.54, 1.807) is 17.5 Å². The van der Waals surface area contributed by atoms with Crippen LogP contribution in [0.25, 0.3) is 10.1 Å². The number of thiophene rings is 1. The van der Waals surface area contributed by atoms with Crippen molar-refractivity contribution in [2.75, 3.05) is 13.1 Å². The standard InChI is InChI=1S/C19H18N2O2S/c1-13-6-7-18(20-11-13)23-15-8-9-21(12-15)19(22)17-10-14-4-2-3-5-16(14)24-17/h2-7,10-11,15H,8-9,12H2,1H3/t15-/m1/s1. The maximum Gasteiger partial charge on any atom is 0.264 e. The van der Waals surface area contributed by atoms with Gasteiger partial charge >= 0.3 is 0 Å². The number of aromatic nitrogens is 1. The molecule has 24 heavy (non-hydrogen) atoms. The maximum atomic E-state index is 12.7. The van der Waals surface area contributed by atoms with Crippen molar-refractivity contribution < 1.29 is 9.53 Å². The van der Waals surface area contributed by atoms with Gasteiger partial charge in [-0.15, -0.1) is 11.3 Å². The van der Waals surface area contributed by atoms with E-state index in [1.165, 1.54) is 0 Å². The van der Waals surface area contributed by atoms with Crippen LogP contribution in [0.5, 0.6) is 5.88 Å². The van der Waals surface area contributed by atoms with Crippen molar-refractivity contribution >= 4 is 27.3 Å². The quantitative estimate of drug-likeness (QED) is 0.727. The lowest BCUT2D eigenvalue weighted by molar-refractivity contribution is 0.0776. The smallest absolute Gasteiger partial charge is 0.264 e. The number of nitrogens with zero attached hydrogens (tertiary/aromatic N) is 2. The van der Waals surface area contributed by atoms with Crippen LogP contribution >= 0.6 is 11.3 Å². The van der Waals surface area contributed by atoms with Crippen LogP contribution in [0, 0.1) is 6.92 Å². The molecule has 0 aliphatic carbocycles. The zero-order chi connectivity index (χ0) is 16.5. The molecule has 4 rings (SSSR count). The number of hydrogen-bond acceptors (Lipinski definition) is 4. The summed E-state index contributed by atoms with van der Waals surface area (Å²) >= 11 is 1.55. The summed E-state index contributed by atoms with van der Waals surface area (Å²) in [6.07, 6.45) is 2.65. The molecule has 4 nitrogen and oxygen atoms in total. The minimum absolute atomic E-state index is 0.0125. The average molecular weight is 338 g/mol. The van der Waals surface area contributed by atoms with Crippen molar-refractivity contribution in [3.05, 3.63) is 59.1 Å². The van der Waals surface area contributed by atoms with Gasteiger partial charge in [-0.3, -0.25) is 4.79 Å². The van der Waals surface area contributed by atoms with E-state index < -0.39 is 0 Å².